The summed E-state index contributed by atoms with van der Waals surface area (Å²) < 4.78 is 5.20. The Morgan fingerprint density at radius 3 is 2.62 bits per heavy atom. The van der Waals surface area contributed by atoms with Crippen LogP contribution in [-0.2, 0) is 11.3 Å². The van der Waals surface area contributed by atoms with E-state index < -0.39 is 11.0 Å². The number of hydrogen-bond acceptors (Lipinski definition) is 3. The number of carbonyl (C=O) groups excluding carboxylic acids is 1. The first-order chi connectivity index (χ1) is 9.88. The van der Waals surface area contributed by atoms with Gasteiger partial charge in [0.2, 0.25) is 5.91 Å². The van der Waals surface area contributed by atoms with Crippen molar-refractivity contribution in [1.29, 1.82) is 0 Å². The third-order valence-corrected chi connectivity index (χ3v) is 3.53. The summed E-state index contributed by atoms with van der Waals surface area (Å²) in [6.45, 7) is 6.04. The number of halogens is 1. The van der Waals surface area contributed by atoms with E-state index in [1.165, 1.54) is 6.07 Å². The van der Waals surface area contributed by atoms with Crippen molar-refractivity contribution in [2.24, 2.45) is 0 Å². The molecule has 0 fully saturated rings. The lowest BCUT2D eigenvalue weighted by Gasteiger charge is -2.11. The summed E-state index contributed by atoms with van der Waals surface area (Å²) in [5.41, 5.74) is 1.97. The van der Waals surface area contributed by atoms with Crippen molar-refractivity contribution in [3.05, 3.63) is 45.8 Å². The first-order valence-corrected chi connectivity index (χ1v) is 7.30. The van der Waals surface area contributed by atoms with Crippen LogP contribution in [-0.4, -0.2) is 11.3 Å². The van der Waals surface area contributed by atoms with Gasteiger partial charge in [-0.15, -0.1) is 11.6 Å². The summed E-state index contributed by atoms with van der Waals surface area (Å²) in [6, 6.07) is 7.14. The van der Waals surface area contributed by atoms with Crippen LogP contribution in [0, 0.1) is 0 Å². The summed E-state index contributed by atoms with van der Waals surface area (Å²) in [5, 5.41) is 2.94. The monoisotopic (exact) mass is 307 g/mol. The second kappa shape index (κ2) is 6.31. The third kappa shape index (κ3) is 3.64. The van der Waals surface area contributed by atoms with E-state index in [9.17, 15) is 9.59 Å². The first kappa shape index (κ1) is 15.6. The molecule has 1 atom stereocenters. The van der Waals surface area contributed by atoms with Gasteiger partial charge in [-0.2, -0.15) is 0 Å². The van der Waals surface area contributed by atoms with Crippen molar-refractivity contribution in [1.82, 2.24) is 5.32 Å². The fourth-order valence-electron chi connectivity index (χ4n) is 2.07. The molecule has 5 heteroatoms. The Balaban J connectivity index is 2.43. The predicted octanol–water partition coefficient (Wildman–Crippen LogP) is 3.16. The van der Waals surface area contributed by atoms with E-state index >= 15 is 0 Å². The Hall–Kier alpha value is -1.81. The van der Waals surface area contributed by atoms with E-state index in [4.69, 9.17) is 16.0 Å². The van der Waals surface area contributed by atoms with Crippen molar-refractivity contribution in [3.8, 4) is 0 Å². The second-order valence-corrected chi connectivity index (χ2v) is 5.99. The number of fused-ring (bicyclic) bond motifs is 1. The highest BCUT2D eigenvalue weighted by atomic mass is 35.5. The molecule has 0 aliphatic carbocycles. The number of benzene rings is 1. The molecule has 2 rings (SSSR count). The molecule has 0 bridgehead atoms. The molecule has 2 aromatic rings. The van der Waals surface area contributed by atoms with Crippen molar-refractivity contribution in [3.63, 3.8) is 0 Å². The molecule has 0 saturated heterocycles. The Morgan fingerprint density at radius 2 is 2.00 bits per heavy atom. The highest BCUT2D eigenvalue weighted by Crippen LogP contribution is 2.23. The lowest BCUT2D eigenvalue weighted by molar-refractivity contribution is -0.120. The van der Waals surface area contributed by atoms with Gasteiger partial charge >= 0.3 is 5.63 Å². The van der Waals surface area contributed by atoms with Crippen LogP contribution >= 0.6 is 11.6 Å². The Morgan fingerprint density at radius 1 is 1.29 bits per heavy atom. The van der Waals surface area contributed by atoms with Crippen molar-refractivity contribution in [2.75, 3.05) is 0 Å². The molecule has 0 aliphatic rings. The van der Waals surface area contributed by atoms with Gasteiger partial charge in [0.25, 0.3) is 0 Å². The average Bonchev–Trinajstić information content (AvgIpc) is 2.43. The van der Waals surface area contributed by atoms with Crippen molar-refractivity contribution >= 4 is 28.5 Å². The molecule has 4 nitrogen and oxygen atoms in total. The molecule has 112 valence electrons. The van der Waals surface area contributed by atoms with E-state index in [-0.39, 0.29) is 12.5 Å². The zero-order valence-corrected chi connectivity index (χ0v) is 13.0. The summed E-state index contributed by atoms with van der Waals surface area (Å²) in [4.78, 5) is 23.2. The van der Waals surface area contributed by atoms with Crippen LogP contribution in [0.5, 0.6) is 0 Å². The number of alkyl halides is 1. The van der Waals surface area contributed by atoms with Gasteiger partial charge in [0.05, 0.1) is 0 Å². The van der Waals surface area contributed by atoms with Crippen LogP contribution in [0.4, 0.5) is 0 Å². The average molecular weight is 308 g/mol. The normalized spacial score (nSPS) is 12.6. The summed E-state index contributed by atoms with van der Waals surface area (Å²) in [7, 11) is 0. The molecular formula is C16H18ClNO3. The van der Waals surface area contributed by atoms with E-state index in [1.54, 1.807) is 13.0 Å². The van der Waals surface area contributed by atoms with Crippen molar-refractivity contribution < 1.29 is 9.21 Å². The van der Waals surface area contributed by atoms with Crippen LogP contribution in [0.1, 0.15) is 37.8 Å². The van der Waals surface area contributed by atoms with Crippen LogP contribution < -0.4 is 10.9 Å². The quantitative estimate of drug-likeness (QED) is 0.697. The lowest BCUT2D eigenvalue weighted by Crippen LogP contribution is -2.29. The highest BCUT2D eigenvalue weighted by molar-refractivity contribution is 6.30. The Bertz CT molecular complexity index is 719. The van der Waals surface area contributed by atoms with Gasteiger partial charge in [0.15, 0.2) is 0 Å². The zero-order valence-electron chi connectivity index (χ0n) is 12.3. The largest absolute Gasteiger partial charge is 0.423 e. The molecule has 1 aromatic heterocycles. The van der Waals surface area contributed by atoms with Gasteiger partial charge in [0.1, 0.15) is 11.0 Å². The fourth-order valence-corrected chi connectivity index (χ4v) is 2.15. The molecular weight excluding hydrogens is 290 g/mol. The number of hydrogen-bond donors (Lipinski definition) is 1. The molecule has 1 unspecified atom stereocenters. The first-order valence-electron chi connectivity index (χ1n) is 6.87. The Labute approximate surface area is 128 Å². The smallest absolute Gasteiger partial charge is 0.336 e. The van der Waals surface area contributed by atoms with Gasteiger partial charge in [-0.05, 0) is 36.1 Å². The van der Waals surface area contributed by atoms with Crippen LogP contribution in [0.3, 0.4) is 0 Å². The molecule has 1 aromatic carbocycles. The number of carbonyl (C=O) groups is 1. The molecule has 0 saturated carbocycles. The standard InChI is InChI=1S/C16H18ClNO3/c1-9(2)11-4-5-14-13(6-11)12(7-15(19)21-14)8-18-16(20)10(3)17/h4-7,9-10H,8H2,1-3H3,(H,18,20). The van der Waals surface area contributed by atoms with Gasteiger partial charge in [-0.25, -0.2) is 4.79 Å². The predicted molar refractivity (Wildman–Crippen MR) is 83.7 cm³/mol. The van der Waals surface area contributed by atoms with Gasteiger partial charge < -0.3 is 9.73 Å². The zero-order chi connectivity index (χ0) is 15.6. The fraction of sp³-hybridized carbons (Fsp3) is 0.375. The molecule has 0 radical (unpaired) electrons. The maximum atomic E-state index is 11.6. The third-order valence-electron chi connectivity index (χ3n) is 3.33. The second-order valence-electron chi connectivity index (χ2n) is 5.33. The summed E-state index contributed by atoms with van der Waals surface area (Å²) in [6.07, 6.45) is 0. The number of amides is 1. The molecule has 0 spiro atoms. The minimum Gasteiger partial charge on any atom is -0.423 e. The van der Waals surface area contributed by atoms with Crippen LogP contribution in [0.15, 0.2) is 33.5 Å². The van der Waals surface area contributed by atoms with E-state index in [0.717, 1.165) is 16.5 Å². The summed E-state index contributed by atoms with van der Waals surface area (Å²) in [5.74, 6) is 0.102. The van der Waals surface area contributed by atoms with E-state index in [1.807, 2.05) is 12.1 Å². The van der Waals surface area contributed by atoms with Crippen LogP contribution in [0.2, 0.25) is 0 Å². The number of nitrogens with one attached hydrogen (secondary N) is 1. The number of rotatable bonds is 4. The maximum absolute atomic E-state index is 11.6. The molecule has 1 heterocycles. The molecule has 0 aliphatic heterocycles. The van der Waals surface area contributed by atoms with E-state index in [2.05, 4.69) is 19.2 Å². The van der Waals surface area contributed by atoms with Gasteiger partial charge in [0, 0.05) is 18.0 Å². The van der Waals surface area contributed by atoms with E-state index in [0.29, 0.717) is 11.5 Å². The molecule has 1 amide bonds. The lowest BCUT2D eigenvalue weighted by atomic mass is 9.99. The molecule has 21 heavy (non-hydrogen) atoms. The summed E-state index contributed by atoms with van der Waals surface area (Å²) >= 11 is 5.72. The van der Waals surface area contributed by atoms with Gasteiger partial charge in [-0.3, -0.25) is 4.79 Å². The minimum atomic E-state index is -0.609. The Kier molecular flexibility index (Phi) is 4.68. The molecule has 1 N–H and O–H groups in total. The van der Waals surface area contributed by atoms with Crippen molar-refractivity contribution in [2.45, 2.75) is 38.6 Å². The van der Waals surface area contributed by atoms with Gasteiger partial charge in [-0.1, -0.05) is 19.9 Å². The minimum absolute atomic E-state index is 0.250. The maximum Gasteiger partial charge on any atom is 0.336 e. The highest BCUT2D eigenvalue weighted by Gasteiger charge is 2.12. The topological polar surface area (TPSA) is 59.3 Å². The SMILES string of the molecule is CC(Cl)C(=O)NCc1cc(=O)oc2ccc(C(C)C)cc12. The van der Waals surface area contributed by atoms with Crippen LogP contribution in [0.25, 0.3) is 11.0 Å².